The Morgan fingerprint density at radius 3 is 2.21 bits per heavy atom. The van der Waals surface area contributed by atoms with Crippen molar-refractivity contribution in [3.63, 3.8) is 0 Å². The molecule has 28 heavy (non-hydrogen) atoms. The molecular formula is C18H33N2O6S2+. The van der Waals surface area contributed by atoms with Crippen LogP contribution in [0.15, 0.2) is 29.2 Å². The van der Waals surface area contributed by atoms with Gasteiger partial charge >= 0.3 is 0 Å². The summed E-state index contributed by atoms with van der Waals surface area (Å²) in [6, 6.07) is 6.68. The predicted molar refractivity (Wildman–Crippen MR) is 109 cm³/mol. The van der Waals surface area contributed by atoms with E-state index >= 15 is 0 Å². The summed E-state index contributed by atoms with van der Waals surface area (Å²) in [5.74, 6) is -0.348. The van der Waals surface area contributed by atoms with Crippen molar-refractivity contribution < 1.29 is 30.6 Å². The first-order valence-electron chi connectivity index (χ1n) is 9.29. The number of hydrogen-bond acceptors (Lipinski definition) is 5. The topological polar surface area (TPSA) is 101 Å². The minimum atomic E-state index is -4.03. The smallest absolute Gasteiger partial charge is 0.265 e. The molecule has 0 aliphatic heterocycles. The van der Waals surface area contributed by atoms with Crippen molar-refractivity contribution in [1.29, 1.82) is 0 Å². The quantitative estimate of drug-likeness (QED) is 0.218. The van der Waals surface area contributed by atoms with E-state index in [1.54, 1.807) is 24.3 Å². The number of ether oxygens (including phenoxy) is 1. The molecule has 1 rings (SSSR count). The Hall–Kier alpha value is -1.04. The molecule has 0 heterocycles. The zero-order valence-corrected chi connectivity index (χ0v) is 18.8. The van der Waals surface area contributed by atoms with Gasteiger partial charge in [-0.2, -0.15) is 8.42 Å². The maximum Gasteiger partial charge on any atom is 0.265 e. The lowest BCUT2D eigenvalue weighted by molar-refractivity contribution is -0.898. The van der Waals surface area contributed by atoms with Crippen LogP contribution >= 0.6 is 0 Å². The summed E-state index contributed by atoms with van der Waals surface area (Å²) >= 11 is 0. The Morgan fingerprint density at radius 2 is 1.68 bits per heavy atom. The van der Waals surface area contributed by atoms with Crippen LogP contribution in [0.5, 0.6) is 0 Å². The lowest BCUT2D eigenvalue weighted by Crippen LogP contribution is -2.51. The molecule has 0 bridgehead atoms. The summed E-state index contributed by atoms with van der Waals surface area (Å²) in [4.78, 5) is 0.214. The highest BCUT2D eigenvalue weighted by molar-refractivity contribution is 7.89. The van der Waals surface area contributed by atoms with E-state index in [4.69, 9.17) is 9.29 Å². The van der Waals surface area contributed by atoms with Gasteiger partial charge in [-0.3, -0.25) is 4.55 Å². The lowest BCUT2D eigenvalue weighted by atomic mass is 10.2. The van der Waals surface area contributed by atoms with E-state index in [1.807, 2.05) is 27.9 Å². The van der Waals surface area contributed by atoms with Gasteiger partial charge < -0.3 is 9.22 Å². The van der Waals surface area contributed by atoms with Crippen molar-refractivity contribution >= 4 is 20.1 Å². The number of hydrogen-bond donors (Lipinski definition) is 1. The molecule has 0 unspecified atom stereocenters. The van der Waals surface area contributed by atoms with Gasteiger partial charge in [-0.05, 0) is 25.5 Å². The Bertz CT molecular complexity index is 805. The van der Waals surface area contributed by atoms with Crippen LogP contribution in [0.4, 0.5) is 0 Å². The maximum absolute atomic E-state index is 13.1. The van der Waals surface area contributed by atoms with Crippen LogP contribution in [-0.2, 0) is 24.9 Å². The normalized spacial score (nSPS) is 13.2. The van der Waals surface area contributed by atoms with Crippen molar-refractivity contribution in [2.75, 3.05) is 52.8 Å². The van der Waals surface area contributed by atoms with Gasteiger partial charge in [0.2, 0.25) is 10.0 Å². The molecular weight excluding hydrogens is 404 g/mol. The molecule has 0 atom stereocenters. The van der Waals surface area contributed by atoms with Crippen LogP contribution in [0.3, 0.4) is 0 Å². The van der Waals surface area contributed by atoms with Crippen molar-refractivity contribution in [3.05, 3.63) is 29.8 Å². The minimum absolute atomic E-state index is 0.164. The second-order valence-electron chi connectivity index (χ2n) is 7.55. The standard InChI is InChI=1S/C18H32N2O6S2/c1-5-13-26-14-11-19(16-20(3,4)12-6-15-27(21,22)23)28(24,25)18-9-7-17(2)8-10-18/h7-10H,5-6,11-16H2,1-4H3/p+1. The monoisotopic (exact) mass is 437 g/mol. The highest BCUT2D eigenvalue weighted by Gasteiger charge is 2.30. The van der Waals surface area contributed by atoms with Crippen molar-refractivity contribution in [2.45, 2.75) is 31.6 Å². The van der Waals surface area contributed by atoms with Gasteiger partial charge in [0.25, 0.3) is 10.1 Å². The zero-order valence-electron chi connectivity index (χ0n) is 17.2. The van der Waals surface area contributed by atoms with E-state index in [0.717, 1.165) is 12.0 Å². The molecule has 0 saturated carbocycles. The molecule has 0 aliphatic carbocycles. The number of nitrogens with zero attached hydrogens (tertiary/aromatic N) is 2. The van der Waals surface area contributed by atoms with Crippen LogP contribution in [0.25, 0.3) is 0 Å². The van der Waals surface area contributed by atoms with Gasteiger partial charge in [-0.15, -0.1) is 4.31 Å². The maximum atomic E-state index is 13.1. The first-order valence-corrected chi connectivity index (χ1v) is 12.3. The SMILES string of the molecule is CCCOCCN(C[N+](C)(C)CCCS(=O)(=O)O)S(=O)(=O)c1ccc(C)cc1. The van der Waals surface area contributed by atoms with E-state index in [1.165, 1.54) is 4.31 Å². The van der Waals surface area contributed by atoms with Gasteiger partial charge in [0.15, 0.2) is 0 Å². The largest absolute Gasteiger partial charge is 0.380 e. The van der Waals surface area contributed by atoms with Gasteiger partial charge in [0.05, 0.1) is 37.9 Å². The van der Waals surface area contributed by atoms with Crippen LogP contribution in [0, 0.1) is 6.92 Å². The molecule has 0 aliphatic rings. The molecule has 1 N–H and O–H groups in total. The van der Waals surface area contributed by atoms with E-state index in [-0.39, 0.29) is 41.4 Å². The summed E-state index contributed by atoms with van der Waals surface area (Å²) < 4.78 is 64.2. The molecule has 0 spiro atoms. The van der Waals surface area contributed by atoms with Crippen LogP contribution in [0.1, 0.15) is 25.3 Å². The first kappa shape index (κ1) is 25.0. The Labute approximate surface area is 169 Å². The molecule has 0 amide bonds. The summed E-state index contributed by atoms with van der Waals surface area (Å²) in [5, 5.41) is 0. The fraction of sp³-hybridized carbons (Fsp3) is 0.667. The highest BCUT2D eigenvalue weighted by atomic mass is 32.2. The van der Waals surface area contributed by atoms with Gasteiger partial charge in [0.1, 0.15) is 6.67 Å². The first-order chi connectivity index (χ1) is 12.9. The molecule has 10 heteroatoms. The van der Waals surface area contributed by atoms with Gasteiger partial charge in [0, 0.05) is 19.6 Å². The number of sulfonamides is 1. The average molecular weight is 438 g/mol. The number of rotatable bonds is 13. The van der Waals surface area contributed by atoms with Crippen molar-refractivity contribution in [3.8, 4) is 0 Å². The van der Waals surface area contributed by atoms with Crippen molar-refractivity contribution in [2.24, 2.45) is 0 Å². The second-order valence-corrected chi connectivity index (χ2v) is 11.1. The zero-order chi connectivity index (χ0) is 21.4. The third-order valence-electron chi connectivity index (χ3n) is 4.20. The minimum Gasteiger partial charge on any atom is -0.380 e. The lowest BCUT2D eigenvalue weighted by Gasteiger charge is -2.35. The van der Waals surface area contributed by atoms with Crippen LogP contribution < -0.4 is 0 Å². The second kappa shape index (κ2) is 10.7. The predicted octanol–water partition coefficient (Wildman–Crippen LogP) is 1.72. The summed E-state index contributed by atoms with van der Waals surface area (Å²) in [6.45, 7) is 5.48. The average Bonchev–Trinajstić information content (AvgIpc) is 2.56. The number of quaternary nitrogens is 1. The molecule has 8 nitrogen and oxygen atoms in total. The van der Waals surface area contributed by atoms with Crippen molar-refractivity contribution in [1.82, 2.24) is 4.31 Å². The fourth-order valence-corrected chi connectivity index (χ4v) is 4.76. The third kappa shape index (κ3) is 8.97. The van der Waals surface area contributed by atoms with Crippen LogP contribution in [0.2, 0.25) is 0 Å². The van der Waals surface area contributed by atoms with Crippen LogP contribution in [-0.4, -0.2) is 83.0 Å². The summed E-state index contributed by atoms with van der Waals surface area (Å²) in [6.07, 6.45) is 1.08. The van der Waals surface area contributed by atoms with E-state index in [9.17, 15) is 16.8 Å². The highest BCUT2D eigenvalue weighted by Crippen LogP contribution is 2.18. The third-order valence-corrected chi connectivity index (χ3v) is 6.85. The number of aryl methyl sites for hydroxylation is 1. The Kier molecular flexibility index (Phi) is 9.51. The summed E-state index contributed by atoms with van der Waals surface area (Å²) in [7, 11) is -4.10. The molecule has 0 saturated heterocycles. The Balaban J connectivity index is 2.95. The molecule has 1 aromatic carbocycles. The van der Waals surface area contributed by atoms with E-state index < -0.39 is 20.1 Å². The van der Waals surface area contributed by atoms with E-state index in [2.05, 4.69) is 0 Å². The molecule has 0 aromatic heterocycles. The van der Waals surface area contributed by atoms with E-state index in [0.29, 0.717) is 13.2 Å². The fourth-order valence-electron chi connectivity index (χ4n) is 2.71. The molecule has 0 fully saturated rings. The molecule has 162 valence electrons. The summed E-state index contributed by atoms with van der Waals surface area (Å²) in [5.41, 5.74) is 0.970. The van der Waals surface area contributed by atoms with Gasteiger partial charge in [-0.1, -0.05) is 24.6 Å². The Morgan fingerprint density at radius 1 is 1.07 bits per heavy atom. The molecule has 1 aromatic rings. The number of benzene rings is 1. The van der Waals surface area contributed by atoms with Gasteiger partial charge in [-0.25, -0.2) is 8.42 Å². The molecule has 0 radical (unpaired) electrons.